The van der Waals surface area contributed by atoms with Gasteiger partial charge in [0.15, 0.2) is 0 Å². The van der Waals surface area contributed by atoms with Crippen molar-refractivity contribution in [2.75, 3.05) is 6.79 Å². The van der Waals surface area contributed by atoms with Crippen molar-refractivity contribution in [2.24, 2.45) is 5.73 Å². The summed E-state index contributed by atoms with van der Waals surface area (Å²) in [6.07, 6.45) is 0. The summed E-state index contributed by atoms with van der Waals surface area (Å²) in [7, 11) is 0. The van der Waals surface area contributed by atoms with Gasteiger partial charge in [0, 0.05) is 11.7 Å². The first-order chi connectivity index (χ1) is 7.66. The van der Waals surface area contributed by atoms with Gasteiger partial charge in [0.2, 0.25) is 6.79 Å². The van der Waals surface area contributed by atoms with Crippen molar-refractivity contribution in [2.45, 2.75) is 31.6 Å². The Balaban J connectivity index is 0. The topological polar surface area (TPSA) is 116 Å². The van der Waals surface area contributed by atoms with Crippen LogP contribution in [0.1, 0.15) is 20.8 Å². The third-order valence-corrected chi connectivity index (χ3v) is 2.86. The molecule has 0 heterocycles. The number of hydrogen-bond donors (Lipinski definition) is 2. The highest BCUT2D eigenvalue weighted by Gasteiger charge is 2.35. The van der Waals surface area contributed by atoms with Crippen LogP contribution in [-0.4, -0.2) is 39.9 Å². The van der Waals surface area contributed by atoms with Gasteiger partial charge in [-0.3, -0.25) is 9.59 Å². The molecule has 0 aromatic rings. The Bertz CT molecular complexity index is 322. The molecular weight excluding hydrogens is 286 g/mol. The lowest BCUT2D eigenvalue weighted by atomic mass is 10.1. The third kappa shape index (κ3) is 7.36. The van der Waals surface area contributed by atoms with E-state index in [1.807, 2.05) is 0 Å². The number of esters is 1. The Hall–Kier alpha value is -0.990. The fraction of sp³-hybridized carbons (Fsp3) is 0.667. The van der Waals surface area contributed by atoms with Crippen molar-refractivity contribution in [3.8, 4) is 0 Å². The number of carboxylic acid groups (broad SMARTS) is 1. The summed E-state index contributed by atoms with van der Waals surface area (Å²) in [5, 5.41) is 7.96. The van der Waals surface area contributed by atoms with Crippen LogP contribution < -0.4 is 5.73 Å². The smallest absolute Gasteiger partial charge is 0.370 e. The minimum absolute atomic E-state index is 0. The molecule has 0 saturated heterocycles. The standard InChI is InChI=1S/C9H15NO6S.ClH/c1-5(11)15-4-16-8(14)17-9(2,3)6(10)7(12)13;/h6H,4,10H2,1-3H3,(H,12,13);1H. The van der Waals surface area contributed by atoms with E-state index in [0.29, 0.717) is 11.8 Å². The number of rotatable bonds is 5. The van der Waals surface area contributed by atoms with Gasteiger partial charge in [-0.05, 0) is 25.6 Å². The second-order valence-corrected chi connectivity index (χ2v) is 5.26. The number of carbonyl (C=O) groups is 3. The number of aliphatic carboxylic acids is 1. The second kappa shape index (κ2) is 8.17. The Morgan fingerprint density at radius 3 is 2.22 bits per heavy atom. The van der Waals surface area contributed by atoms with Gasteiger partial charge < -0.3 is 20.3 Å². The normalized spacial score (nSPS) is 12.0. The molecule has 0 aromatic carbocycles. The Labute approximate surface area is 115 Å². The maximum Gasteiger partial charge on any atom is 0.370 e. The highest BCUT2D eigenvalue weighted by atomic mass is 35.5. The molecule has 0 bridgehead atoms. The molecule has 1 unspecified atom stereocenters. The van der Waals surface area contributed by atoms with Crippen molar-refractivity contribution in [1.29, 1.82) is 0 Å². The SMILES string of the molecule is CC(=O)OCOC(=O)SC(C)(C)C(N)C(=O)O.Cl. The molecule has 106 valence electrons. The van der Waals surface area contributed by atoms with Crippen LogP contribution >= 0.6 is 24.2 Å². The number of carbonyl (C=O) groups excluding carboxylic acids is 2. The van der Waals surface area contributed by atoms with Crippen LogP contribution in [0.3, 0.4) is 0 Å². The molecule has 0 fully saturated rings. The summed E-state index contributed by atoms with van der Waals surface area (Å²) in [6, 6.07) is -1.21. The predicted molar refractivity (Wildman–Crippen MR) is 67.6 cm³/mol. The van der Waals surface area contributed by atoms with Crippen LogP contribution in [0.25, 0.3) is 0 Å². The largest absolute Gasteiger partial charge is 0.480 e. The van der Waals surface area contributed by atoms with Gasteiger partial charge in [-0.15, -0.1) is 12.4 Å². The molecule has 0 aliphatic carbocycles. The van der Waals surface area contributed by atoms with Gasteiger partial charge in [-0.1, -0.05) is 0 Å². The molecule has 0 saturated carbocycles. The minimum atomic E-state index is -1.21. The zero-order valence-corrected chi connectivity index (χ0v) is 11.8. The lowest BCUT2D eigenvalue weighted by Crippen LogP contribution is -2.47. The van der Waals surface area contributed by atoms with Gasteiger partial charge in [0.05, 0.1) is 0 Å². The summed E-state index contributed by atoms with van der Waals surface area (Å²) in [6.45, 7) is 3.68. The van der Waals surface area contributed by atoms with Gasteiger partial charge in [-0.25, -0.2) is 4.79 Å². The Morgan fingerprint density at radius 1 is 1.33 bits per heavy atom. The molecule has 7 nitrogen and oxygen atoms in total. The lowest BCUT2D eigenvalue weighted by molar-refractivity contribution is -0.148. The van der Waals surface area contributed by atoms with Crippen LogP contribution in [-0.2, 0) is 19.1 Å². The lowest BCUT2D eigenvalue weighted by Gasteiger charge is -2.26. The van der Waals surface area contributed by atoms with E-state index in [1.54, 1.807) is 0 Å². The quantitative estimate of drug-likeness (QED) is 0.570. The molecule has 0 aliphatic heterocycles. The van der Waals surface area contributed by atoms with E-state index in [0.717, 1.165) is 0 Å². The van der Waals surface area contributed by atoms with E-state index in [2.05, 4.69) is 9.47 Å². The summed E-state index contributed by atoms with van der Waals surface area (Å²) in [4.78, 5) is 32.3. The van der Waals surface area contributed by atoms with Crippen LogP contribution in [0.15, 0.2) is 0 Å². The van der Waals surface area contributed by atoms with E-state index in [1.165, 1.54) is 20.8 Å². The molecular formula is C9H16ClNO6S. The zero-order valence-electron chi connectivity index (χ0n) is 10.2. The van der Waals surface area contributed by atoms with Crippen molar-refractivity contribution in [1.82, 2.24) is 0 Å². The number of thioether (sulfide) groups is 1. The predicted octanol–water partition coefficient (Wildman–Crippen LogP) is 0.989. The molecule has 3 N–H and O–H groups in total. The maximum atomic E-state index is 11.3. The van der Waals surface area contributed by atoms with Gasteiger partial charge >= 0.3 is 17.2 Å². The highest BCUT2D eigenvalue weighted by Crippen LogP contribution is 2.29. The highest BCUT2D eigenvalue weighted by molar-refractivity contribution is 8.14. The van der Waals surface area contributed by atoms with Crippen molar-refractivity contribution < 1.29 is 29.0 Å². The summed E-state index contributed by atoms with van der Waals surface area (Å²) < 4.78 is 7.91. The number of carboxylic acids is 1. The van der Waals surface area contributed by atoms with Gasteiger partial charge in [0.1, 0.15) is 6.04 Å². The first kappa shape index (κ1) is 19.4. The fourth-order valence-corrected chi connectivity index (χ4v) is 1.53. The fourth-order valence-electron chi connectivity index (χ4n) is 0.766. The van der Waals surface area contributed by atoms with Gasteiger partial charge in [0.25, 0.3) is 0 Å². The van der Waals surface area contributed by atoms with Crippen LogP contribution in [0.2, 0.25) is 0 Å². The Kier molecular flexibility index (Phi) is 8.79. The molecule has 0 amide bonds. The summed E-state index contributed by atoms with van der Waals surface area (Å²) in [5.41, 5.74) is 5.41. The zero-order chi connectivity index (χ0) is 13.6. The van der Waals surface area contributed by atoms with Crippen molar-refractivity contribution in [3.63, 3.8) is 0 Å². The number of nitrogens with two attached hydrogens (primary N) is 1. The molecule has 0 rings (SSSR count). The van der Waals surface area contributed by atoms with Crippen LogP contribution in [0, 0.1) is 0 Å². The average molecular weight is 302 g/mol. The van der Waals surface area contributed by atoms with E-state index in [-0.39, 0.29) is 12.4 Å². The summed E-state index contributed by atoms with van der Waals surface area (Å²) >= 11 is 0.632. The number of hydrogen-bond acceptors (Lipinski definition) is 7. The monoisotopic (exact) mass is 301 g/mol. The third-order valence-electron chi connectivity index (χ3n) is 1.80. The molecule has 18 heavy (non-hydrogen) atoms. The Morgan fingerprint density at radius 2 is 1.83 bits per heavy atom. The molecule has 0 aromatic heterocycles. The molecule has 1 atom stereocenters. The van der Waals surface area contributed by atoms with Crippen molar-refractivity contribution in [3.05, 3.63) is 0 Å². The number of halogens is 1. The van der Waals surface area contributed by atoms with Crippen LogP contribution in [0.5, 0.6) is 0 Å². The van der Waals surface area contributed by atoms with E-state index >= 15 is 0 Å². The van der Waals surface area contributed by atoms with E-state index in [9.17, 15) is 14.4 Å². The first-order valence-electron chi connectivity index (χ1n) is 4.64. The number of ether oxygens (including phenoxy) is 2. The average Bonchev–Trinajstić information content (AvgIpc) is 2.14. The molecule has 0 spiro atoms. The van der Waals surface area contributed by atoms with Crippen molar-refractivity contribution >= 4 is 41.4 Å². The van der Waals surface area contributed by atoms with Gasteiger partial charge in [-0.2, -0.15) is 0 Å². The minimum Gasteiger partial charge on any atom is -0.480 e. The maximum absolute atomic E-state index is 11.3. The van der Waals surface area contributed by atoms with Crippen LogP contribution in [0.4, 0.5) is 4.79 Å². The van der Waals surface area contributed by atoms with E-state index in [4.69, 9.17) is 10.8 Å². The molecule has 0 aliphatic rings. The second-order valence-electron chi connectivity index (χ2n) is 3.67. The first-order valence-corrected chi connectivity index (χ1v) is 5.46. The van der Waals surface area contributed by atoms with E-state index < -0.39 is 34.8 Å². The summed E-state index contributed by atoms with van der Waals surface area (Å²) in [5.74, 6) is -1.79. The molecule has 9 heteroatoms. The molecule has 0 radical (unpaired) electrons.